The van der Waals surface area contributed by atoms with Gasteiger partial charge in [0.15, 0.2) is 0 Å². The number of aromatic carboxylic acids is 1. The monoisotopic (exact) mass is 425 g/mol. The Morgan fingerprint density at radius 2 is 1.86 bits per heavy atom. The van der Waals surface area contributed by atoms with Gasteiger partial charge in [0.1, 0.15) is 4.88 Å². The highest BCUT2D eigenvalue weighted by Gasteiger charge is 2.42. The second kappa shape index (κ2) is 9.24. The van der Waals surface area contributed by atoms with Gasteiger partial charge >= 0.3 is 5.97 Å². The van der Waals surface area contributed by atoms with Crippen LogP contribution in [-0.2, 0) is 11.3 Å². The fourth-order valence-electron chi connectivity index (χ4n) is 3.64. The number of benzene rings is 1. The number of aliphatic hydroxyl groups is 2. The highest BCUT2D eigenvalue weighted by atomic mass is 35.5. The third-order valence-corrected chi connectivity index (χ3v) is 6.50. The molecule has 1 aliphatic carbocycles. The minimum Gasteiger partial charge on any atom is -0.477 e. The summed E-state index contributed by atoms with van der Waals surface area (Å²) in [4.78, 5) is 14.1. The van der Waals surface area contributed by atoms with Crippen LogP contribution in [0.2, 0.25) is 5.02 Å². The molecule has 3 N–H and O–H groups in total. The second-order valence-corrected chi connectivity index (χ2v) is 8.75. The predicted octanol–water partition coefficient (Wildman–Crippen LogP) is 3.11. The molecule has 3 rings (SSSR count). The van der Waals surface area contributed by atoms with Gasteiger partial charge in [-0.3, -0.25) is 0 Å². The van der Waals surface area contributed by atoms with E-state index in [0.29, 0.717) is 24.6 Å². The van der Waals surface area contributed by atoms with Crippen LogP contribution in [0.15, 0.2) is 36.4 Å². The van der Waals surface area contributed by atoms with Crippen LogP contribution < -0.4 is 4.90 Å². The van der Waals surface area contributed by atoms with Crippen LogP contribution in [-0.4, -0.2) is 53.7 Å². The van der Waals surface area contributed by atoms with E-state index >= 15 is 0 Å². The largest absolute Gasteiger partial charge is 0.477 e. The third kappa shape index (κ3) is 5.04. The zero-order chi connectivity index (χ0) is 20.3. The molecule has 1 fully saturated rings. The van der Waals surface area contributed by atoms with Gasteiger partial charge in [0.25, 0.3) is 0 Å². The lowest BCUT2D eigenvalue weighted by atomic mass is 9.93. The van der Waals surface area contributed by atoms with Crippen molar-refractivity contribution in [3.05, 3.63) is 51.2 Å². The molecule has 28 heavy (non-hydrogen) atoms. The number of anilines is 1. The summed E-state index contributed by atoms with van der Waals surface area (Å²) in [5.74, 6) is -1.27. The summed E-state index contributed by atoms with van der Waals surface area (Å²) in [6.45, 7) is 1.17. The Balaban J connectivity index is 1.58. The van der Waals surface area contributed by atoms with Crippen LogP contribution in [0, 0.1) is 11.8 Å². The van der Waals surface area contributed by atoms with Crippen molar-refractivity contribution in [2.45, 2.75) is 25.2 Å². The number of nitrogens with zero attached hydrogens (tertiary/aromatic N) is 1. The molecule has 1 saturated carbocycles. The van der Waals surface area contributed by atoms with Gasteiger partial charge in [-0.1, -0.05) is 11.6 Å². The third-order valence-electron chi connectivity index (χ3n) is 5.20. The summed E-state index contributed by atoms with van der Waals surface area (Å²) in [6, 6.07) is 10.8. The highest BCUT2D eigenvalue weighted by Crippen LogP contribution is 2.34. The molecule has 1 heterocycles. The van der Waals surface area contributed by atoms with E-state index in [4.69, 9.17) is 21.4 Å². The number of rotatable bonds is 8. The van der Waals surface area contributed by atoms with E-state index in [9.17, 15) is 15.0 Å². The lowest BCUT2D eigenvalue weighted by molar-refractivity contribution is 0.0194. The van der Waals surface area contributed by atoms with Gasteiger partial charge in [-0.2, -0.15) is 0 Å². The number of carboxylic acid groups (broad SMARTS) is 1. The maximum Gasteiger partial charge on any atom is 0.345 e. The van der Waals surface area contributed by atoms with Gasteiger partial charge in [0.05, 0.1) is 25.4 Å². The maximum atomic E-state index is 11.0. The molecule has 4 atom stereocenters. The van der Waals surface area contributed by atoms with Crippen LogP contribution in [0.3, 0.4) is 0 Å². The standard InChI is InChI=1S/C20H24ClNO5S/c1-22(13-4-2-12(21)3-5-13)9-15-16(18(24)8-17(15)23)11-27-10-14-6-7-19(28-14)20(25)26/h2-7,15-18,23-24H,8-11H2,1H3,(H,25,26)/t15?,16-,17?,18?/m1/s1. The van der Waals surface area contributed by atoms with Gasteiger partial charge in [-0.05, 0) is 42.8 Å². The number of hydrogen-bond donors (Lipinski definition) is 3. The predicted molar refractivity (Wildman–Crippen MR) is 109 cm³/mol. The smallest absolute Gasteiger partial charge is 0.345 e. The Bertz CT molecular complexity index is 796. The van der Waals surface area contributed by atoms with Crippen LogP contribution in [0.5, 0.6) is 0 Å². The summed E-state index contributed by atoms with van der Waals surface area (Å²) in [5.41, 5.74) is 0.984. The van der Waals surface area contributed by atoms with Crippen molar-refractivity contribution in [1.29, 1.82) is 0 Å². The number of aliphatic hydroxyl groups excluding tert-OH is 2. The summed E-state index contributed by atoms with van der Waals surface area (Å²) in [6.07, 6.45) is -0.898. The summed E-state index contributed by atoms with van der Waals surface area (Å²) < 4.78 is 5.76. The van der Waals surface area contributed by atoms with Crippen molar-refractivity contribution in [3.8, 4) is 0 Å². The molecule has 0 saturated heterocycles. The van der Waals surface area contributed by atoms with E-state index in [1.54, 1.807) is 12.1 Å². The Morgan fingerprint density at radius 1 is 1.18 bits per heavy atom. The van der Waals surface area contributed by atoms with E-state index in [-0.39, 0.29) is 23.3 Å². The lowest BCUT2D eigenvalue weighted by Crippen LogP contribution is -2.36. The molecule has 0 aliphatic heterocycles. The van der Waals surface area contributed by atoms with Crippen molar-refractivity contribution >= 4 is 34.6 Å². The molecule has 8 heteroatoms. The number of ether oxygens (including phenoxy) is 1. The van der Waals surface area contributed by atoms with Crippen LogP contribution >= 0.6 is 22.9 Å². The molecule has 3 unspecified atom stereocenters. The normalized spacial score (nSPS) is 24.4. The van der Waals surface area contributed by atoms with Gasteiger partial charge in [-0.15, -0.1) is 11.3 Å². The Morgan fingerprint density at radius 3 is 2.50 bits per heavy atom. The van der Waals surface area contributed by atoms with E-state index in [1.807, 2.05) is 36.2 Å². The first kappa shape index (κ1) is 21.1. The van der Waals surface area contributed by atoms with Crippen molar-refractivity contribution in [1.82, 2.24) is 0 Å². The molecule has 2 aromatic rings. The first-order valence-corrected chi connectivity index (χ1v) is 10.3. The van der Waals surface area contributed by atoms with Crippen LogP contribution in [0.4, 0.5) is 5.69 Å². The first-order chi connectivity index (χ1) is 13.3. The molecule has 0 radical (unpaired) electrons. The van der Waals surface area contributed by atoms with E-state index in [0.717, 1.165) is 10.6 Å². The van der Waals surface area contributed by atoms with Crippen molar-refractivity contribution < 1.29 is 24.9 Å². The van der Waals surface area contributed by atoms with E-state index in [2.05, 4.69) is 0 Å². The molecule has 1 aliphatic rings. The van der Waals surface area contributed by atoms with Crippen LogP contribution in [0.25, 0.3) is 0 Å². The molecule has 1 aromatic carbocycles. The average molecular weight is 426 g/mol. The Labute approximate surface area is 172 Å². The van der Waals surface area contributed by atoms with Gasteiger partial charge in [-0.25, -0.2) is 4.79 Å². The zero-order valence-electron chi connectivity index (χ0n) is 15.5. The van der Waals surface area contributed by atoms with Gasteiger partial charge in [0, 0.05) is 41.0 Å². The minimum absolute atomic E-state index is 0.131. The average Bonchev–Trinajstić information content (AvgIpc) is 3.22. The number of hydrogen-bond acceptors (Lipinski definition) is 6. The van der Waals surface area contributed by atoms with Gasteiger partial charge < -0.3 is 25.0 Å². The topological polar surface area (TPSA) is 90.2 Å². The quantitative estimate of drug-likeness (QED) is 0.602. The second-order valence-electron chi connectivity index (χ2n) is 7.14. The summed E-state index contributed by atoms with van der Waals surface area (Å²) >= 11 is 7.12. The van der Waals surface area contributed by atoms with Crippen molar-refractivity contribution in [2.75, 3.05) is 25.1 Å². The van der Waals surface area contributed by atoms with E-state index < -0.39 is 18.2 Å². The number of carbonyl (C=O) groups is 1. The summed E-state index contributed by atoms with van der Waals surface area (Å²) in [5, 5.41) is 30.4. The lowest BCUT2D eigenvalue weighted by Gasteiger charge is -2.29. The SMILES string of the molecule is CN(CC1C(O)CC(O)[C@@H]1COCc1ccc(C(=O)O)s1)c1ccc(Cl)cc1. The van der Waals surface area contributed by atoms with E-state index in [1.165, 1.54) is 11.3 Å². The maximum absolute atomic E-state index is 11.0. The fourth-order valence-corrected chi connectivity index (χ4v) is 4.55. The molecular weight excluding hydrogens is 402 g/mol. The molecule has 152 valence electrons. The van der Waals surface area contributed by atoms with Crippen molar-refractivity contribution in [3.63, 3.8) is 0 Å². The Kier molecular flexibility index (Phi) is 6.95. The molecule has 1 aromatic heterocycles. The van der Waals surface area contributed by atoms with Gasteiger partial charge in [0.2, 0.25) is 0 Å². The molecular formula is C20H24ClNO5S. The fraction of sp³-hybridized carbons (Fsp3) is 0.450. The zero-order valence-corrected chi connectivity index (χ0v) is 17.1. The first-order valence-electron chi connectivity index (χ1n) is 9.07. The minimum atomic E-state index is -0.948. The number of thiophene rings is 1. The van der Waals surface area contributed by atoms with Crippen molar-refractivity contribution in [2.24, 2.45) is 11.8 Å². The molecule has 6 nitrogen and oxygen atoms in total. The highest BCUT2D eigenvalue weighted by molar-refractivity contribution is 7.13. The summed E-state index contributed by atoms with van der Waals surface area (Å²) in [7, 11) is 1.94. The Hall–Kier alpha value is -1.64. The molecule has 0 bridgehead atoms. The van der Waals surface area contributed by atoms with Crippen LogP contribution in [0.1, 0.15) is 21.0 Å². The number of carboxylic acids is 1. The molecule has 0 amide bonds. The molecule has 0 spiro atoms. The number of halogens is 1.